The molecular formula is C51H52BrFN10O4. The van der Waals surface area contributed by atoms with E-state index in [9.17, 15) is 14.4 Å². The van der Waals surface area contributed by atoms with Gasteiger partial charge in [-0.05, 0) is 132 Å². The van der Waals surface area contributed by atoms with Gasteiger partial charge in [0.05, 0.1) is 67.8 Å². The van der Waals surface area contributed by atoms with Crippen molar-refractivity contribution in [1.82, 2.24) is 39.5 Å². The number of halogens is 2. The largest absolute Gasteiger partial charge is 0.493 e. The molecular weight excluding hydrogens is 916 g/mol. The second-order valence-electron chi connectivity index (χ2n) is 17.0. The van der Waals surface area contributed by atoms with Gasteiger partial charge in [0, 0.05) is 33.1 Å². The summed E-state index contributed by atoms with van der Waals surface area (Å²) in [5.41, 5.74) is 4.55. The molecule has 0 radical (unpaired) electrons. The third-order valence-electron chi connectivity index (χ3n) is 12.0. The summed E-state index contributed by atoms with van der Waals surface area (Å²) in [7, 11) is 5.91. The summed E-state index contributed by atoms with van der Waals surface area (Å²) in [6.07, 6.45) is 9.44. The Morgan fingerprint density at radius 2 is 1.49 bits per heavy atom. The molecule has 16 heteroatoms. The van der Waals surface area contributed by atoms with E-state index in [1.54, 1.807) is 55.9 Å². The van der Waals surface area contributed by atoms with Crippen molar-refractivity contribution in [2.45, 2.75) is 32.2 Å². The van der Waals surface area contributed by atoms with Crippen molar-refractivity contribution in [3.63, 3.8) is 0 Å². The van der Waals surface area contributed by atoms with Crippen LogP contribution < -0.4 is 25.1 Å². The minimum Gasteiger partial charge on any atom is -0.493 e. The second kappa shape index (κ2) is 22.1. The highest BCUT2D eigenvalue weighted by Gasteiger charge is 2.20. The maximum atomic E-state index is 14.3. The van der Waals surface area contributed by atoms with E-state index in [0.717, 1.165) is 73.9 Å². The Labute approximate surface area is 397 Å². The lowest BCUT2D eigenvalue weighted by Gasteiger charge is -2.28. The van der Waals surface area contributed by atoms with Crippen LogP contribution in [0.4, 0.5) is 15.9 Å². The Morgan fingerprint density at radius 1 is 0.791 bits per heavy atom. The zero-order valence-corrected chi connectivity index (χ0v) is 39.3. The first kappa shape index (κ1) is 46.7. The van der Waals surface area contributed by atoms with Gasteiger partial charge in [-0.25, -0.2) is 29.0 Å². The van der Waals surface area contributed by atoms with Crippen LogP contribution in [0.1, 0.15) is 36.8 Å². The van der Waals surface area contributed by atoms with Crippen LogP contribution in [0.5, 0.6) is 17.2 Å². The van der Waals surface area contributed by atoms with E-state index < -0.39 is 0 Å². The van der Waals surface area contributed by atoms with Crippen molar-refractivity contribution in [1.29, 1.82) is 5.26 Å². The number of nitrogens with one attached hydrogen (secondary N) is 1. The van der Waals surface area contributed by atoms with E-state index in [0.29, 0.717) is 87.4 Å². The molecule has 2 fully saturated rings. The quantitative estimate of drug-likeness (QED) is 0.117. The maximum absolute atomic E-state index is 14.3. The average molecular weight is 968 g/mol. The molecule has 0 amide bonds. The molecule has 3 aromatic heterocycles. The maximum Gasteiger partial charge on any atom is 0.267 e. The third kappa shape index (κ3) is 12.4. The van der Waals surface area contributed by atoms with E-state index >= 15 is 0 Å². The molecule has 2 aliphatic heterocycles. The second-order valence-corrected chi connectivity index (χ2v) is 17.9. The van der Waals surface area contributed by atoms with Crippen molar-refractivity contribution in [2.75, 3.05) is 65.9 Å². The number of rotatable bonds is 13. The number of hydrogen-bond donors (Lipinski definition) is 1. The number of piperidine rings is 2. The van der Waals surface area contributed by atoms with Gasteiger partial charge in [0.25, 0.3) is 5.56 Å². The van der Waals surface area contributed by atoms with Gasteiger partial charge in [-0.1, -0.05) is 46.3 Å². The normalized spacial score (nSPS) is 14.7. The predicted octanol–water partition coefficient (Wildman–Crippen LogP) is 9.01. The van der Waals surface area contributed by atoms with Crippen LogP contribution in [0, 0.1) is 29.0 Å². The van der Waals surface area contributed by atoms with Gasteiger partial charge in [0.1, 0.15) is 18.0 Å². The molecule has 0 spiro atoms. The molecule has 4 aromatic carbocycles. The van der Waals surface area contributed by atoms with Crippen LogP contribution in [0.15, 0.2) is 119 Å². The first-order valence-electron chi connectivity index (χ1n) is 22.3. The Balaban J connectivity index is 0.000000186. The van der Waals surface area contributed by atoms with Crippen LogP contribution in [-0.2, 0) is 6.54 Å². The number of methoxy groups -OCH3 is 1. The smallest absolute Gasteiger partial charge is 0.267 e. The lowest BCUT2D eigenvalue weighted by atomic mass is 9.98. The van der Waals surface area contributed by atoms with Crippen LogP contribution >= 0.6 is 15.9 Å². The Morgan fingerprint density at radius 3 is 2.19 bits per heavy atom. The highest BCUT2D eigenvalue weighted by atomic mass is 79.9. The summed E-state index contributed by atoms with van der Waals surface area (Å²) in [5.74, 6) is 3.75. The topological polar surface area (TPSA) is 156 Å². The lowest BCUT2D eigenvalue weighted by molar-refractivity contribution is 0.157. The standard InChI is InChI=1S/C29H28N6O2.C22H24BrFN4O2/c1-34-12-10-21(11-13-34)20-37-26-17-31-29(32-18-26)25-7-3-5-23(15-25)19-35-28(36)9-8-27(33-35)24-6-2-4-22(14-24)16-30;1-28-7-5-14(6-8-28)12-30-21-11-19-16(10-20(21)29-2)22(26-13-25-19)27-18-4-3-15(23)9-17(18)24/h2-9,14-15,17-18,21H,10-13,19-20H2,1H3;3-4,9-11,13-14H,5-8,12H2,1-2H3,(H,25,26,27). The number of benzene rings is 4. The van der Waals surface area contributed by atoms with Gasteiger partial charge in [-0.15, -0.1) is 0 Å². The fourth-order valence-corrected chi connectivity index (χ4v) is 8.35. The van der Waals surface area contributed by atoms with E-state index in [-0.39, 0.29) is 11.4 Å². The first-order valence-corrected chi connectivity index (χ1v) is 23.1. The zero-order chi connectivity index (χ0) is 46.7. The Hall–Kier alpha value is -6.80. The highest BCUT2D eigenvalue weighted by molar-refractivity contribution is 9.10. The monoisotopic (exact) mass is 966 g/mol. The van der Waals surface area contributed by atoms with Crippen molar-refractivity contribution < 1.29 is 18.6 Å². The third-order valence-corrected chi connectivity index (χ3v) is 12.5. The summed E-state index contributed by atoms with van der Waals surface area (Å²) in [6, 6.07) is 28.8. The summed E-state index contributed by atoms with van der Waals surface area (Å²) in [6.45, 7) is 6.05. The summed E-state index contributed by atoms with van der Waals surface area (Å²) >= 11 is 3.27. The van der Waals surface area contributed by atoms with E-state index in [1.807, 2.05) is 42.5 Å². The molecule has 7 aromatic rings. The Bertz CT molecular complexity index is 2900. The van der Waals surface area contributed by atoms with Crippen molar-refractivity contribution in [3.8, 4) is 46.0 Å². The van der Waals surface area contributed by atoms with Crippen molar-refractivity contribution >= 4 is 38.3 Å². The SMILES string of the molecule is CN1CCC(COc2cnc(-c3cccc(Cn4nc(-c5cccc(C#N)c5)ccc4=O)c3)nc2)CC1.COc1cc2c(Nc3ccc(Br)cc3F)ncnc2cc1OCC1CCN(C)CC1. The average Bonchev–Trinajstić information content (AvgIpc) is 3.35. The van der Waals surface area contributed by atoms with E-state index in [2.05, 4.69) is 76.2 Å². The van der Waals surface area contributed by atoms with Gasteiger partial charge >= 0.3 is 0 Å². The number of hydrogen-bond acceptors (Lipinski definition) is 13. The molecule has 2 aliphatic rings. The molecule has 67 heavy (non-hydrogen) atoms. The van der Waals surface area contributed by atoms with E-state index in [4.69, 9.17) is 14.2 Å². The fraction of sp³-hybridized carbons (Fsp3) is 0.314. The fourth-order valence-electron chi connectivity index (χ4n) is 8.02. The Kier molecular flexibility index (Phi) is 15.4. The number of likely N-dealkylation sites (tertiary alicyclic amines) is 2. The highest BCUT2D eigenvalue weighted by Crippen LogP contribution is 2.36. The number of ether oxygens (including phenoxy) is 3. The molecule has 5 heterocycles. The van der Waals surface area contributed by atoms with E-state index in [1.165, 1.54) is 23.1 Å². The number of anilines is 2. The number of nitrogens with zero attached hydrogens (tertiary/aromatic N) is 9. The molecule has 0 aliphatic carbocycles. The molecule has 344 valence electrons. The summed E-state index contributed by atoms with van der Waals surface area (Å²) < 4.78 is 34.0. The number of aromatic nitrogens is 6. The molecule has 0 bridgehead atoms. The van der Waals surface area contributed by atoms with Crippen LogP contribution in [0.3, 0.4) is 0 Å². The number of nitriles is 1. The van der Waals surface area contributed by atoms with Gasteiger partial charge < -0.3 is 29.3 Å². The zero-order valence-electron chi connectivity index (χ0n) is 37.7. The lowest BCUT2D eigenvalue weighted by Crippen LogP contribution is -2.32. The summed E-state index contributed by atoms with van der Waals surface area (Å²) in [4.78, 5) is 34.9. The molecule has 0 atom stereocenters. The van der Waals surface area contributed by atoms with Crippen molar-refractivity contribution in [2.24, 2.45) is 11.8 Å². The minimum absolute atomic E-state index is 0.201. The molecule has 14 nitrogen and oxygen atoms in total. The van der Waals surface area contributed by atoms with Gasteiger partial charge in [0.2, 0.25) is 0 Å². The summed E-state index contributed by atoms with van der Waals surface area (Å²) in [5, 5.41) is 17.5. The molecule has 9 rings (SSSR count). The minimum atomic E-state index is -0.374. The molecule has 1 N–H and O–H groups in total. The predicted molar refractivity (Wildman–Crippen MR) is 260 cm³/mol. The molecule has 0 saturated carbocycles. The molecule has 2 saturated heterocycles. The first-order chi connectivity index (χ1) is 32.6. The van der Waals surface area contributed by atoms with Crippen LogP contribution in [0.25, 0.3) is 33.5 Å². The van der Waals surface area contributed by atoms with Gasteiger partial charge in [0.15, 0.2) is 23.1 Å². The number of fused-ring (bicyclic) bond motifs is 1. The van der Waals surface area contributed by atoms with Crippen LogP contribution in [0.2, 0.25) is 0 Å². The van der Waals surface area contributed by atoms with Crippen LogP contribution in [-0.4, -0.2) is 100 Å². The van der Waals surface area contributed by atoms with Crippen molar-refractivity contribution in [3.05, 3.63) is 141 Å². The molecule has 0 unspecified atom stereocenters. The van der Waals surface area contributed by atoms with Gasteiger partial charge in [-0.3, -0.25) is 4.79 Å². The van der Waals surface area contributed by atoms with Gasteiger partial charge in [-0.2, -0.15) is 10.4 Å².